The number of aliphatic hydroxyl groups excluding tert-OH is 3. The number of carbonyl (C=O) groups excluding carboxylic acids is 5. The van der Waals surface area contributed by atoms with Gasteiger partial charge in [0.15, 0.2) is 34.4 Å². The molecule has 0 saturated carbocycles. The highest BCUT2D eigenvalue weighted by atomic mass is 35.5. The van der Waals surface area contributed by atoms with E-state index in [-0.39, 0.29) is 68.6 Å². The number of pyridine rings is 7. The van der Waals surface area contributed by atoms with Crippen molar-refractivity contribution in [2.24, 2.45) is 23.7 Å². The van der Waals surface area contributed by atoms with Gasteiger partial charge in [0, 0.05) is 78.6 Å². The lowest BCUT2D eigenvalue weighted by atomic mass is 10.1. The highest BCUT2D eigenvalue weighted by Gasteiger charge is 2.28. The van der Waals surface area contributed by atoms with Crippen LogP contribution in [0.4, 0.5) is 37.2 Å². The minimum absolute atomic E-state index is 0.0526. The molecule has 0 aromatic carbocycles. The maximum absolute atomic E-state index is 12.8. The highest BCUT2D eigenvalue weighted by molar-refractivity contribution is 6.31. The van der Waals surface area contributed by atoms with E-state index in [9.17, 15) is 43.0 Å². The Morgan fingerprint density at radius 1 is 0.411 bits per heavy atom. The fourth-order valence-corrected chi connectivity index (χ4v) is 13.8. The Morgan fingerprint density at radius 2 is 0.718 bits per heavy atom. The molecule has 6 fully saturated rings. The average Bonchev–Trinajstić information content (AvgIpc) is 1.28. The van der Waals surface area contributed by atoms with E-state index in [1.165, 1.54) is 39.1 Å². The normalized spacial score (nSPS) is 19.1. The number of aromatic nitrogens is 7. The zero-order chi connectivity index (χ0) is 90.8. The van der Waals surface area contributed by atoms with Crippen LogP contribution in [0, 0.1) is 35.3 Å². The first-order valence-corrected chi connectivity index (χ1v) is 42.2. The number of anilines is 5. The van der Waals surface area contributed by atoms with Crippen LogP contribution >= 0.6 is 81.2 Å². The zero-order valence-corrected chi connectivity index (χ0v) is 76.1. The minimum Gasteiger partial charge on any atom is -0.464 e. The molecule has 32 nitrogen and oxygen atoms in total. The first-order valence-electron chi connectivity index (χ1n) is 39.6. The molecule has 13 rings (SSSR count). The van der Waals surface area contributed by atoms with Gasteiger partial charge in [-0.25, -0.2) is 57.9 Å². The van der Waals surface area contributed by atoms with Crippen LogP contribution in [0.3, 0.4) is 0 Å². The number of hydrogen-bond acceptors (Lipinski definition) is 32. The molecule has 6 aliphatic heterocycles. The highest BCUT2D eigenvalue weighted by Crippen LogP contribution is 2.31. The predicted octanol–water partition coefficient (Wildman–Crippen LogP) is 12.3. The minimum atomic E-state index is -0.838. The molecule has 682 valence electrons. The molecule has 0 spiro atoms. The van der Waals surface area contributed by atoms with Gasteiger partial charge >= 0.3 is 23.9 Å². The second kappa shape index (κ2) is 56.2. The molecule has 7 aromatic heterocycles. The van der Waals surface area contributed by atoms with Crippen molar-refractivity contribution in [3.63, 3.8) is 0 Å². The number of halogens is 9. The second-order valence-electron chi connectivity index (χ2n) is 29.1. The van der Waals surface area contributed by atoms with Crippen molar-refractivity contribution >= 4 is 140 Å². The van der Waals surface area contributed by atoms with Gasteiger partial charge in [-0.3, -0.25) is 4.79 Å². The largest absolute Gasteiger partial charge is 0.464 e. The molecule has 6 saturated heterocycles. The van der Waals surface area contributed by atoms with Gasteiger partial charge in [0.05, 0.1) is 160 Å². The summed E-state index contributed by atoms with van der Waals surface area (Å²) in [4.78, 5) is 96.3. The van der Waals surface area contributed by atoms with E-state index in [0.717, 1.165) is 160 Å². The quantitative estimate of drug-likeness (QED) is 0.0394. The summed E-state index contributed by atoms with van der Waals surface area (Å²) in [6.45, 7) is 25.0. The number of methoxy groups -OCH3 is 4. The lowest BCUT2D eigenvalue weighted by molar-refractivity contribution is -0.121. The van der Waals surface area contributed by atoms with Gasteiger partial charge in [0.1, 0.15) is 36.1 Å². The molecule has 13 heterocycles. The van der Waals surface area contributed by atoms with E-state index in [1.807, 2.05) is 31.1 Å². The SMILES string of the molecule is CC1COCCN(c2ccc(Cl)nc2CN(C)C)C1.CC1COCCN(c2ccc(Cl)nc2CO)C1.COC(=O)c1nc(Cl)ccc1F.COC(=O)c1nc(Cl)ccc1N1CCOCC(C)C1.COC(=O)c1nc(Cl)ccc1N1CCOCC(C)C1.COC(=O)c1nc(Cl)ccc1N1CCOCC(O)C1.O=COc1nc(Cl)ccc1F.OC1CCCCOC1. The number of esters is 4. The van der Waals surface area contributed by atoms with Crippen molar-refractivity contribution in [1.29, 1.82) is 0 Å². The van der Waals surface area contributed by atoms with Crippen molar-refractivity contribution in [3.8, 4) is 5.88 Å². The van der Waals surface area contributed by atoms with Crippen molar-refractivity contribution in [3.05, 3.63) is 167 Å². The van der Waals surface area contributed by atoms with Crippen molar-refractivity contribution in [2.75, 3.05) is 212 Å². The van der Waals surface area contributed by atoms with E-state index in [4.69, 9.17) is 129 Å². The van der Waals surface area contributed by atoms with Crippen molar-refractivity contribution < 1.29 is 100 Å². The van der Waals surface area contributed by atoms with E-state index in [2.05, 4.69) is 103 Å². The number of aliphatic hydroxyl groups is 3. The van der Waals surface area contributed by atoms with Crippen molar-refractivity contribution in [2.45, 2.75) is 72.3 Å². The first kappa shape index (κ1) is 105. The van der Waals surface area contributed by atoms with Crippen LogP contribution in [0.2, 0.25) is 36.1 Å². The molecule has 0 amide bonds. The molecular formula is C83H108Cl7F2N13O19. The summed E-state index contributed by atoms with van der Waals surface area (Å²) in [5.41, 5.74) is 6.12. The van der Waals surface area contributed by atoms with Gasteiger partial charge in [0.2, 0.25) is 0 Å². The summed E-state index contributed by atoms with van der Waals surface area (Å²) in [5.74, 6) is -2.43. The van der Waals surface area contributed by atoms with E-state index in [0.29, 0.717) is 91.5 Å². The van der Waals surface area contributed by atoms with Crippen LogP contribution < -0.4 is 29.2 Å². The van der Waals surface area contributed by atoms with Gasteiger partial charge < -0.3 is 96.8 Å². The van der Waals surface area contributed by atoms with Crippen molar-refractivity contribution in [1.82, 2.24) is 39.8 Å². The monoisotopic (exact) mass is 1870 g/mol. The number of β-amino-alcohol motifs (C(OH)–C–C–N with tert-alkyl or cyclic N) is 1. The molecular weight excluding hydrogens is 1770 g/mol. The smallest absolute Gasteiger partial charge is 0.359 e. The summed E-state index contributed by atoms with van der Waals surface area (Å²) in [7, 11) is 9.19. The van der Waals surface area contributed by atoms with Gasteiger partial charge in [-0.2, -0.15) is 4.98 Å². The lowest BCUT2D eigenvalue weighted by Crippen LogP contribution is -2.34. The van der Waals surface area contributed by atoms with E-state index in [1.54, 1.807) is 42.5 Å². The van der Waals surface area contributed by atoms with Gasteiger partial charge in [-0.15, -0.1) is 0 Å². The Labute approximate surface area is 755 Å². The summed E-state index contributed by atoms with van der Waals surface area (Å²) in [6, 6.07) is 22.5. The van der Waals surface area contributed by atoms with Crippen LogP contribution in [0.1, 0.15) is 100 Å². The summed E-state index contributed by atoms with van der Waals surface area (Å²) in [6.07, 6.45) is 2.33. The molecule has 124 heavy (non-hydrogen) atoms. The third-order valence-electron chi connectivity index (χ3n) is 18.3. The van der Waals surface area contributed by atoms with Crippen LogP contribution in [0.15, 0.2) is 84.9 Å². The number of hydrogen-bond donors (Lipinski definition) is 3. The summed E-state index contributed by atoms with van der Waals surface area (Å²) >= 11 is 40.2. The average molecular weight is 1880 g/mol. The van der Waals surface area contributed by atoms with Gasteiger partial charge in [0.25, 0.3) is 12.4 Å². The standard InChI is InChI=1S/C14H22ClN3O.2C13H17ClN2O3.C12H15ClN2O4.C12H17ClN2O2.C7H5ClFNO2.C6H3ClFNO2.C6H12O2/c1-11-8-18(6-7-19-10-11)13-4-5-14(15)16-12(13)9-17(2)3;2*1-9-7-16(5-6-19-8-9)10-3-4-11(14)15-12(10)13(17)18-2;1-18-12(17)11-9(2-3-10(13)14-11)15-4-5-19-7-8(16)6-15;1-9-6-15(4-5-17-8-9)11-2-3-12(13)14-10(11)7-16;1-12-7(11)6-4(9)2-3-5(8)10-6;7-5-2-1-4(8)6(9-5)11-3-10;7-6-3-1-2-4-8-5-6/h4-5,11H,6-10H2,1-3H3;2*3-4,9H,5-8H2,1-2H3;2-3,8,16H,4-7H2,1H3;2-3,9,16H,4-8H2,1H3;2-3H,1H3;1-3H;6-7H,1-5H2. The molecule has 6 unspecified atom stereocenters. The number of nitrogens with zero attached hydrogens (tertiary/aromatic N) is 13. The zero-order valence-electron chi connectivity index (χ0n) is 70.8. The fraction of sp³-hybridized carbons (Fsp3) is 0.518. The molecule has 0 radical (unpaired) electrons. The molecule has 0 aliphatic carbocycles. The summed E-state index contributed by atoms with van der Waals surface area (Å²) < 4.78 is 80.4. The number of carbonyl (C=O) groups is 5. The van der Waals surface area contributed by atoms with Crippen LogP contribution in [-0.2, 0) is 65.3 Å². The molecule has 0 bridgehead atoms. The third kappa shape index (κ3) is 36.3. The topological polar surface area (TPSA) is 357 Å². The Morgan fingerprint density at radius 3 is 1.10 bits per heavy atom. The fourth-order valence-electron chi connectivity index (χ4n) is 12.7. The molecule has 6 atom stereocenters. The van der Waals surface area contributed by atoms with Crippen LogP contribution in [0.5, 0.6) is 5.88 Å². The molecule has 3 N–H and O–H groups in total. The maximum atomic E-state index is 12.8. The molecule has 41 heteroatoms. The third-order valence-corrected chi connectivity index (χ3v) is 19.8. The van der Waals surface area contributed by atoms with E-state index >= 15 is 0 Å². The number of rotatable bonds is 14. The van der Waals surface area contributed by atoms with Gasteiger partial charge in [-0.1, -0.05) is 109 Å². The summed E-state index contributed by atoms with van der Waals surface area (Å²) in [5, 5.41) is 29.9. The Kier molecular flexibility index (Phi) is 47.4. The number of ether oxygens (including phenoxy) is 11. The molecule has 7 aromatic rings. The lowest BCUT2D eigenvalue weighted by Gasteiger charge is -2.27. The van der Waals surface area contributed by atoms with Gasteiger partial charge in [-0.05, 0) is 142 Å². The maximum Gasteiger partial charge on any atom is 0.359 e. The predicted molar refractivity (Wildman–Crippen MR) is 469 cm³/mol. The first-order chi connectivity index (χ1) is 59.4. The Bertz CT molecular complexity index is 4270. The Balaban J connectivity index is 0.000000222. The second-order valence-corrected chi connectivity index (χ2v) is 31.8. The van der Waals surface area contributed by atoms with E-state index < -0.39 is 53.2 Å². The van der Waals surface area contributed by atoms with Crippen LogP contribution in [-0.4, -0.2) is 285 Å². The van der Waals surface area contributed by atoms with Crippen LogP contribution in [0.25, 0.3) is 0 Å². The molecule has 6 aliphatic rings. The Hall–Kier alpha value is -8.11.